The van der Waals surface area contributed by atoms with Crippen LogP contribution in [0.15, 0.2) is 10.7 Å². The Kier molecular flexibility index (Phi) is 7.53. The largest absolute Gasteiger partial charge is 0.741 e. The fourth-order valence-electron chi connectivity index (χ4n) is 1.15. The average molecular weight is 347 g/mol. The van der Waals surface area contributed by atoms with Crippen LogP contribution in [0.4, 0.5) is 13.2 Å². The van der Waals surface area contributed by atoms with Crippen molar-refractivity contribution in [2.75, 3.05) is 6.61 Å². The number of nitrogens with zero attached hydrogens (tertiary/aromatic N) is 1. The SMILES string of the molecule is CCCCOC(=O)c1c[n+](C)oc1C.O=S(=O)([O-])C(F)(F)F. The van der Waals surface area contributed by atoms with E-state index in [1.54, 1.807) is 20.2 Å². The molecule has 128 valence electrons. The monoisotopic (exact) mass is 347 g/mol. The molecule has 0 spiro atoms. The van der Waals surface area contributed by atoms with Gasteiger partial charge in [-0.15, -0.1) is 0 Å². The van der Waals surface area contributed by atoms with Gasteiger partial charge in [-0.1, -0.05) is 13.3 Å². The third-order valence-electron chi connectivity index (χ3n) is 2.21. The first-order valence-corrected chi connectivity index (χ1v) is 7.46. The highest BCUT2D eigenvalue weighted by molar-refractivity contribution is 7.86. The molecule has 22 heavy (non-hydrogen) atoms. The van der Waals surface area contributed by atoms with Crippen LogP contribution in [0.5, 0.6) is 0 Å². The number of halogens is 3. The number of aromatic nitrogens is 1. The minimum Gasteiger partial charge on any atom is -0.741 e. The molecule has 0 aliphatic carbocycles. The molecule has 0 atom stereocenters. The highest BCUT2D eigenvalue weighted by atomic mass is 32.2. The average Bonchev–Trinajstić information content (AvgIpc) is 2.67. The van der Waals surface area contributed by atoms with E-state index in [-0.39, 0.29) is 5.97 Å². The predicted octanol–water partition coefficient (Wildman–Crippen LogP) is 1.42. The molecule has 0 fully saturated rings. The third-order valence-corrected chi connectivity index (χ3v) is 2.77. The topological polar surface area (TPSA) is 101 Å². The molecule has 1 heterocycles. The van der Waals surface area contributed by atoms with Crippen molar-refractivity contribution in [3.8, 4) is 0 Å². The zero-order chi connectivity index (χ0) is 17.6. The van der Waals surface area contributed by atoms with Crippen molar-refractivity contribution in [1.82, 2.24) is 0 Å². The van der Waals surface area contributed by atoms with Crippen molar-refractivity contribution >= 4 is 16.1 Å². The van der Waals surface area contributed by atoms with Gasteiger partial charge in [0.2, 0.25) is 6.20 Å². The summed E-state index contributed by atoms with van der Waals surface area (Å²) in [5.74, 6) is 0.286. The van der Waals surface area contributed by atoms with Gasteiger partial charge < -0.3 is 9.29 Å². The minimum absolute atomic E-state index is 0.305. The van der Waals surface area contributed by atoms with Crippen LogP contribution in [0.1, 0.15) is 35.9 Å². The molecule has 0 unspecified atom stereocenters. The third kappa shape index (κ3) is 6.89. The molecular formula is C11H16F3NO6S. The summed E-state index contributed by atoms with van der Waals surface area (Å²) in [4.78, 5) is 11.5. The van der Waals surface area contributed by atoms with Crippen molar-refractivity contribution < 1.29 is 44.9 Å². The second kappa shape index (κ2) is 8.13. The summed E-state index contributed by atoms with van der Waals surface area (Å²) in [7, 11) is -4.36. The van der Waals surface area contributed by atoms with Crippen LogP contribution in [0, 0.1) is 6.92 Å². The Morgan fingerprint density at radius 3 is 2.27 bits per heavy atom. The van der Waals surface area contributed by atoms with Gasteiger partial charge in [-0.3, -0.25) is 0 Å². The van der Waals surface area contributed by atoms with Gasteiger partial charge in [0, 0.05) is 6.92 Å². The summed E-state index contributed by atoms with van der Waals surface area (Å²) >= 11 is 0. The predicted molar refractivity (Wildman–Crippen MR) is 65.6 cm³/mol. The quantitative estimate of drug-likeness (QED) is 0.268. The molecule has 1 rings (SSSR count). The van der Waals surface area contributed by atoms with E-state index in [2.05, 4.69) is 6.92 Å². The summed E-state index contributed by atoms with van der Waals surface area (Å²) in [6.07, 6.45) is 3.55. The van der Waals surface area contributed by atoms with Crippen molar-refractivity contribution in [2.24, 2.45) is 7.05 Å². The van der Waals surface area contributed by atoms with Crippen LogP contribution in [-0.4, -0.2) is 31.1 Å². The van der Waals surface area contributed by atoms with Gasteiger partial charge in [-0.05, 0) is 11.2 Å². The van der Waals surface area contributed by atoms with Crippen LogP contribution in [0.3, 0.4) is 0 Å². The Balaban J connectivity index is 0.000000472. The second-order valence-electron chi connectivity index (χ2n) is 4.13. The molecule has 0 aromatic carbocycles. The Morgan fingerprint density at radius 2 is 1.95 bits per heavy atom. The summed E-state index contributed by atoms with van der Waals surface area (Å²) < 4.78 is 70.6. The number of esters is 1. The van der Waals surface area contributed by atoms with Crippen molar-refractivity contribution in [3.05, 3.63) is 17.5 Å². The maximum absolute atomic E-state index is 11.5. The maximum Gasteiger partial charge on any atom is 0.485 e. The lowest BCUT2D eigenvalue weighted by atomic mass is 10.3. The van der Waals surface area contributed by atoms with E-state index in [9.17, 15) is 18.0 Å². The first-order valence-electron chi connectivity index (χ1n) is 6.06. The summed E-state index contributed by atoms with van der Waals surface area (Å²) in [5, 5.41) is 0. The number of hydrogen-bond acceptors (Lipinski definition) is 6. The van der Waals surface area contributed by atoms with E-state index in [0.29, 0.717) is 17.9 Å². The van der Waals surface area contributed by atoms with Gasteiger partial charge in [0.25, 0.3) is 0 Å². The summed E-state index contributed by atoms with van der Waals surface area (Å²) in [6.45, 7) is 4.27. The molecule has 0 saturated heterocycles. The van der Waals surface area contributed by atoms with Gasteiger partial charge in [0.15, 0.2) is 28.5 Å². The molecule has 11 heteroatoms. The Hall–Kier alpha value is -1.62. The lowest BCUT2D eigenvalue weighted by Crippen LogP contribution is -2.23. The smallest absolute Gasteiger partial charge is 0.485 e. The van der Waals surface area contributed by atoms with E-state index in [0.717, 1.165) is 12.8 Å². The van der Waals surface area contributed by atoms with Crippen LogP contribution in [0.2, 0.25) is 0 Å². The second-order valence-corrected chi connectivity index (χ2v) is 5.50. The summed E-state index contributed by atoms with van der Waals surface area (Å²) in [5.41, 5.74) is -5.14. The molecule has 0 N–H and O–H groups in total. The highest BCUT2D eigenvalue weighted by Gasteiger charge is 2.36. The molecule has 0 aliphatic heterocycles. The molecule has 7 nitrogen and oxygen atoms in total. The van der Waals surface area contributed by atoms with E-state index in [1.807, 2.05) is 0 Å². The fraction of sp³-hybridized carbons (Fsp3) is 0.636. The zero-order valence-electron chi connectivity index (χ0n) is 12.1. The van der Waals surface area contributed by atoms with E-state index >= 15 is 0 Å². The number of aryl methyl sites for hydroxylation is 2. The number of carbonyl (C=O) groups excluding carboxylic acids is 1. The van der Waals surface area contributed by atoms with Crippen LogP contribution < -0.4 is 4.74 Å². The zero-order valence-corrected chi connectivity index (χ0v) is 13.0. The van der Waals surface area contributed by atoms with Gasteiger partial charge in [0.1, 0.15) is 0 Å². The van der Waals surface area contributed by atoms with Crippen molar-refractivity contribution in [1.29, 1.82) is 0 Å². The van der Waals surface area contributed by atoms with E-state index < -0.39 is 15.6 Å². The molecule has 1 aromatic heterocycles. The van der Waals surface area contributed by atoms with Crippen LogP contribution in [-0.2, 0) is 21.9 Å². The number of hydrogen-bond donors (Lipinski definition) is 0. The Labute approximate surface area is 125 Å². The normalized spacial score (nSPS) is 11.6. The maximum atomic E-state index is 11.5. The molecule has 0 radical (unpaired) electrons. The lowest BCUT2D eigenvalue weighted by molar-refractivity contribution is -0.846. The van der Waals surface area contributed by atoms with Gasteiger partial charge in [0.05, 0.1) is 6.61 Å². The van der Waals surface area contributed by atoms with Gasteiger partial charge in [-0.25, -0.2) is 17.7 Å². The number of rotatable bonds is 4. The number of ether oxygens (including phenoxy) is 1. The highest BCUT2D eigenvalue weighted by Crippen LogP contribution is 2.20. The molecule has 0 saturated carbocycles. The van der Waals surface area contributed by atoms with E-state index in [1.165, 1.54) is 4.74 Å². The Bertz CT molecular complexity index is 593. The van der Waals surface area contributed by atoms with Crippen LogP contribution in [0.25, 0.3) is 0 Å². The molecule has 0 bridgehead atoms. The van der Waals surface area contributed by atoms with Crippen molar-refractivity contribution in [2.45, 2.75) is 32.2 Å². The minimum atomic E-state index is -6.09. The first-order chi connectivity index (χ1) is 9.90. The van der Waals surface area contributed by atoms with Crippen molar-refractivity contribution in [3.63, 3.8) is 0 Å². The molecule has 0 aliphatic rings. The van der Waals surface area contributed by atoms with Gasteiger partial charge in [-0.2, -0.15) is 13.2 Å². The first kappa shape index (κ1) is 20.4. The summed E-state index contributed by atoms with van der Waals surface area (Å²) in [6, 6.07) is 0. The number of carbonyl (C=O) groups is 1. The fourth-order valence-corrected chi connectivity index (χ4v) is 1.15. The molecule has 1 aromatic rings. The number of alkyl halides is 3. The molecular weight excluding hydrogens is 331 g/mol. The van der Waals surface area contributed by atoms with Gasteiger partial charge >= 0.3 is 11.5 Å². The Morgan fingerprint density at radius 1 is 1.45 bits per heavy atom. The van der Waals surface area contributed by atoms with Crippen LogP contribution >= 0.6 is 0 Å². The number of unbranched alkanes of at least 4 members (excludes halogenated alkanes) is 1. The molecule has 0 amide bonds. The van der Waals surface area contributed by atoms with E-state index in [4.69, 9.17) is 22.2 Å². The standard InChI is InChI=1S/C10H16NO3.CHF3O3S/c1-4-5-6-13-10(12)9-7-11(3)14-8(9)2;2-1(3,4)8(5,6)7/h7H,4-6H2,1-3H3;(H,5,6,7)/q+1;/p-1. The lowest BCUT2D eigenvalue weighted by Gasteiger charge is -2.08.